The highest BCUT2D eigenvalue weighted by Crippen LogP contribution is 2.22. The molecule has 1 rings (SSSR count). The van der Waals surface area contributed by atoms with E-state index >= 15 is 0 Å². The highest BCUT2D eigenvalue weighted by atomic mass is 16.6. The van der Waals surface area contributed by atoms with Crippen molar-refractivity contribution in [1.29, 1.82) is 0 Å². The first kappa shape index (κ1) is 15.0. The Morgan fingerprint density at radius 1 is 1.42 bits per heavy atom. The Bertz CT molecular complexity index is 474. The van der Waals surface area contributed by atoms with E-state index in [0.29, 0.717) is 17.1 Å². The third-order valence-corrected chi connectivity index (χ3v) is 2.47. The van der Waals surface area contributed by atoms with Gasteiger partial charge in [0, 0.05) is 7.11 Å². The van der Waals surface area contributed by atoms with Crippen LogP contribution in [0, 0.1) is 6.57 Å². The molecule has 0 fully saturated rings. The monoisotopic (exact) mass is 263 g/mol. The second-order valence-corrected chi connectivity index (χ2v) is 4.17. The molecule has 0 spiro atoms. The van der Waals surface area contributed by atoms with Crippen molar-refractivity contribution in [3.05, 3.63) is 46.4 Å². The van der Waals surface area contributed by atoms with Crippen molar-refractivity contribution in [3.63, 3.8) is 0 Å². The Labute approximate surface area is 113 Å². The minimum Gasteiger partial charge on any atom is -0.468 e. The topological polar surface area (TPSA) is 49.1 Å². The highest BCUT2D eigenvalue weighted by molar-refractivity contribution is 5.92. The molecule has 1 aliphatic heterocycles. The molecule has 0 aromatic rings. The van der Waals surface area contributed by atoms with Crippen molar-refractivity contribution in [2.45, 2.75) is 26.9 Å². The van der Waals surface area contributed by atoms with Gasteiger partial charge >= 0.3 is 5.97 Å². The minimum atomic E-state index is -0.649. The Hall–Kier alpha value is -2.06. The predicted octanol–water partition coefficient (Wildman–Crippen LogP) is 2.58. The first-order chi connectivity index (χ1) is 8.97. The van der Waals surface area contributed by atoms with Gasteiger partial charge in [-0.1, -0.05) is 0 Å². The zero-order valence-electron chi connectivity index (χ0n) is 11.5. The van der Waals surface area contributed by atoms with Crippen LogP contribution in [-0.2, 0) is 19.0 Å². The van der Waals surface area contributed by atoms with Crippen LogP contribution in [0.4, 0.5) is 0 Å². The van der Waals surface area contributed by atoms with Gasteiger partial charge in [0.15, 0.2) is 0 Å². The van der Waals surface area contributed by atoms with Crippen molar-refractivity contribution in [1.82, 2.24) is 0 Å². The van der Waals surface area contributed by atoms with Crippen LogP contribution >= 0.6 is 0 Å². The number of nitrogens with zero attached hydrogens (tertiary/aromatic N) is 1. The Balaban J connectivity index is 2.91. The van der Waals surface area contributed by atoms with E-state index in [1.165, 1.54) is 7.11 Å². The number of rotatable bonds is 4. The first-order valence-electron chi connectivity index (χ1n) is 5.84. The lowest BCUT2D eigenvalue weighted by atomic mass is 10.1. The summed E-state index contributed by atoms with van der Waals surface area (Å²) in [6.07, 6.45) is 3.08. The maximum absolute atomic E-state index is 11.9. The van der Waals surface area contributed by atoms with Gasteiger partial charge in [0.1, 0.15) is 6.61 Å². The fourth-order valence-corrected chi connectivity index (χ4v) is 1.49. The average Bonchev–Trinajstić information content (AvgIpc) is 2.35. The number of allylic oxidation sites excluding steroid dienone is 5. The molecule has 0 bridgehead atoms. The SMILES string of the molecule is [C-]#[N+]C(C(=O)OCC(C)OC)=C1C=C(C)OC(C)=C1. The second-order valence-electron chi connectivity index (χ2n) is 4.17. The fourth-order valence-electron chi connectivity index (χ4n) is 1.49. The molecule has 0 N–H and O–H groups in total. The van der Waals surface area contributed by atoms with Crippen molar-refractivity contribution in [3.8, 4) is 0 Å². The molecule has 0 aromatic heterocycles. The molecule has 0 saturated carbocycles. The van der Waals surface area contributed by atoms with Gasteiger partial charge < -0.3 is 14.2 Å². The summed E-state index contributed by atoms with van der Waals surface area (Å²) in [5.74, 6) is 0.618. The van der Waals surface area contributed by atoms with Crippen LogP contribution in [0.1, 0.15) is 20.8 Å². The van der Waals surface area contributed by atoms with E-state index in [-0.39, 0.29) is 18.4 Å². The highest BCUT2D eigenvalue weighted by Gasteiger charge is 2.19. The van der Waals surface area contributed by atoms with Crippen LogP contribution < -0.4 is 0 Å². The van der Waals surface area contributed by atoms with Crippen molar-refractivity contribution in [2.75, 3.05) is 13.7 Å². The van der Waals surface area contributed by atoms with Gasteiger partial charge in [0.05, 0.1) is 24.2 Å². The molecule has 0 amide bonds. The van der Waals surface area contributed by atoms with E-state index in [9.17, 15) is 4.79 Å². The second kappa shape index (κ2) is 6.76. The third-order valence-electron chi connectivity index (χ3n) is 2.47. The molecule has 5 nitrogen and oxygen atoms in total. The molecule has 1 atom stereocenters. The predicted molar refractivity (Wildman–Crippen MR) is 69.7 cm³/mol. The normalized spacial score (nSPS) is 15.6. The van der Waals surface area contributed by atoms with E-state index in [2.05, 4.69) is 4.85 Å². The van der Waals surface area contributed by atoms with Gasteiger partial charge in [-0.15, -0.1) is 0 Å². The summed E-state index contributed by atoms with van der Waals surface area (Å²) in [5, 5.41) is 0. The van der Waals surface area contributed by atoms with Gasteiger partial charge in [0.25, 0.3) is 5.70 Å². The van der Waals surface area contributed by atoms with Crippen LogP contribution in [0.2, 0.25) is 0 Å². The van der Waals surface area contributed by atoms with Crippen LogP contribution in [0.15, 0.2) is 34.9 Å². The van der Waals surface area contributed by atoms with Crippen molar-refractivity contribution >= 4 is 5.97 Å². The number of carbonyl (C=O) groups is 1. The molecule has 0 radical (unpaired) electrons. The number of hydrogen-bond donors (Lipinski definition) is 0. The lowest BCUT2D eigenvalue weighted by Gasteiger charge is -2.14. The molecular weight excluding hydrogens is 246 g/mol. The third kappa shape index (κ3) is 4.27. The van der Waals surface area contributed by atoms with Crippen molar-refractivity contribution < 1.29 is 19.0 Å². The minimum absolute atomic E-state index is 0.0506. The maximum atomic E-state index is 11.9. The van der Waals surface area contributed by atoms with Crippen LogP contribution in [0.3, 0.4) is 0 Å². The van der Waals surface area contributed by atoms with Gasteiger partial charge in [-0.2, -0.15) is 0 Å². The standard InChI is InChI=1S/C14H17NO4/c1-9-6-12(7-10(2)19-9)13(15-4)14(16)18-8-11(3)17-5/h6-7,11H,8H2,1-3,5H3. The van der Waals surface area contributed by atoms with Gasteiger partial charge in [-0.25, -0.2) is 4.85 Å². The van der Waals surface area contributed by atoms with E-state index in [1.807, 2.05) is 0 Å². The summed E-state index contributed by atoms with van der Waals surface area (Å²) in [6, 6.07) is 0. The zero-order valence-corrected chi connectivity index (χ0v) is 11.5. The molecule has 1 unspecified atom stereocenters. The van der Waals surface area contributed by atoms with Gasteiger partial charge in [-0.05, 0) is 38.5 Å². The summed E-state index contributed by atoms with van der Waals surface area (Å²) >= 11 is 0. The largest absolute Gasteiger partial charge is 0.468 e. The van der Waals surface area contributed by atoms with Gasteiger partial charge in [-0.3, -0.25) is 4.79 Å². The Morgan fingerprint density at radius 2 is 2.00 bits per heavy atom. The summed E-state index contributed by atoms with van der Waals surface area (Å²) in [4.78, 5) is 15.1. The Kier molecular flexibility index (Phi) is 5.34. The van der Waals surface area contributed by atoms with Crippen LogP contribution in [0.5, 0.6) is 0 Å². The number of carbonyl (C=O) groups excluding carboxylic acids is 1. The molecule has 0 saturated heterocycles. The molecule has 5 heteroatoms. The fraction of sp³-hybridized carbons (Fsp3) is 0.429. The molecule has 0 aromatic carbocycles. The number of hydrogen-bond acceptors (Lipinski definition) is 4. The van der Waals surface area contributed by atoms with E-state index < -0.39 is 5.97 Å². The average molecular weight is 263 g/mol. The van der Waals surface area contributed by atoms with Crippen LogP contribution in [0.25, 0.3) is 4.85 Å². The lowest BCUT2D eigenvalue weighted by Crippen LogP contribution is -2.18. The quantitative estimate of drug-likeness (QED) is 0.444. The molecule has 1 heterocycles. The molecule has 19 heavy (non-hydrogen) atoms. The Morgan fingerprint density at radius 3 is 2.47 bits per heavy atom. The number of ether oxygens (including phenoxy) is 3. The molecule has 1 aliphatic rings. The van der Waals surface area contributed by atoms with E-state index in [0.717, 1.165) is 0 Å². The number of methoxy groups -OCH3 is 1. The lowest BCUT2D eigenvalue weighted by molar-refractivity contribution is -0.141. The molecular formula is C14H17NO4. The summed E-state index contributed by atoms with van der Waals surface area (Å²) in [6.45, 7) is 12.5. The summed E-state index contributed by atoms with van der Waals surface area (Å²) in [5.41, 5.74) is 0.455. The number of esters is 1. The van der Waals surface area contributed by atoms with Crippen LogP contribution in [-0.4, -0.2) is 25.8 Å². The molecule has 0 aliphatic carbocycles. The maximum Gasteiger partial charge on any atom is 0.337 e. The molecule has 102 valence electrons. The summed E-state index contributed by atoms with van der Waals surface area (Å²) < 4.78 is 15.3. The zero-order chi connectivity index (χ0) is 14.4. The van der Waals surface area contributed by atoms with Crippen molar-refractivity contribution in [2.24, 2.45) is 0 Å². The first-order valence-corrected chi connectivity index (χ1v) is 5.84. The van der Waals surface area contributed by atoms with E-state index in [4.69, 9.17) is 20.8 Å². The van der Waals surface area contributed by atoms with Gasteiger partial charge in [0.2, 0.25) is 0 Å². The van der Waals surface area contributed by atoms with E-state index in [1.54, 1.807) is 32.9 Å². The summed E-state index contributed by atoms with van der Waals surface area (Å²) in [7, 11) is 1.53. The smallest absolute Gasteiger partial charge is 0.337 e.